The molecule has 2 heterocycles. The first-order valence-electron chi connectivity index (χ1n) is 4.80. The summed E-state index contributed by atoms with van der Waals surface area (Å²) in [6.07, 6.45) is 3.16. The van der Waals surface area contributed by atoms with Crippen molar-refractivity contribution in [1.82, 2.24) is 24.7 Å². The average Bonchev–Trinajstić information content (AvgIpc) is 2.78. The number of nitrogens with two attached hydrogens (primary N) is 1. The van der Waals surface area contributed by atoms with Gasteiger partial charge in [-0.25, -0.2) is 14.6 Å². The zero-order valence-corrected chi connectivity index (χ0v) is 10.2. The molecule has 0 aliphatic heterocycles. The fraction of sp³-hybridized carbons (Fsp3) is 0.222. The molecule has 2 rings (SSSR count). The molecule has 2 aromatic rings. The van der Waals surface area contributed by atoms with Gasteiger partial charge in [-0.3, -0.25) is 0 Å². The van der Waals surface area contributed by atoms with E-state index in [9.17, 15) is 0 Å². The smallest absolute Gasteiger partial charge is 0.226 e. The maximum absolute atomic E-state index is 5.44. The van der Waals surface area contributed by atoms with Gasteiger partial charge in [-0.2, -0.15) is 4.98 Å². The van der Waals surface area contributed by atoms with Gasteiger partial charge >= 0.3 is 0 Å². The Labute approximate surface area is 103 Å². The predicted octanol–water partition coefficient (Wildman–Crippen LogP) is -0.243. The second kappa shape index (κ2) is 4.42. The zero-order valence-electron chi connectivity index (χ0n) is 9.40. The van der Waals surface area contributed by atoms with Crippen LogP contribution in [0.1, 0.15) is 5.82 Å². The zero-order chi connectivity index (χ0) is 12.4. The molecule has 2 aromatic heterocycles. The number of hydrogen-bond acceptors (Lipinski definition) is 6. The summed E-state index contributed by atoms with van der Waals surface area (Å²) in [6.45, 7) is 0. The van der Waals surface area contributed by atoms with Crippen molar-refractivity contribution in [3.8, 4) is 5.82 Å². The van der Waals surface area contributed by atoms with Crippen LogP contribution in [-0.4, -0.2) is 43.8 Å². The van der Waals surface area contributed by atoms with Crippen LogP contribution in [0.15, 0.2) is 18.6 Å². The van der Waals surface area contributed by atoms with Gasteiger partial charge in [-0.15, -0.1) is 5.10 Å². The van der Waals surface area contributed by atoms with Gasteiger partial charge in [-0.05, 0) is 0 Å². The van der Waals surface area contributed by atoms with E-state index in [4.69, 9.17) is 18.0 Å². The number of aromatic nitrogens is 5. The summed E-state index contributed by atoms with van der Waals surface area (Å²) in [7, 11) is 3.72. The number of hydrogen-bond donors (Lipinski definition) is 1. The van der Waals surface area contributed by atoms with Gasteiger partial charge in [0.15, 0.2) is 5.82 Å². The molecule has 88 valence electrons. The van der Waals surface area contributed by atoms with Crippen LogP contribution in [0.4, 0.5) is 5.95 Å². The number of nitrogens with zero attached hydrogens (tertiary/aromatic N) is 6. The van der Waals surface area contributed by atoms with Crippen LogP contribution in [0.25, 0.3) is 5.82 Å². The molecule has 0 atom stereocenters. The molecule has 0 saturated carbocycles. The van der Waals surface area contributed by atoms with E-state index >= 15 is 0 Å². The summed E-state index contributed by atoms with van der Waals surface area (Å²) >= 11 is 4.79. The van der Waals surface area contributed by atoms with Gasteiger partial charge in [0, 0.05) is 26.4 Å². The lowest BCUT2D eigenvalue weighted by molar-refractivity contribution is 0.828. The van der Waals surface area contributed by atoms with E-state index < -0.39 is 0 Å². The second-order valence-corrected chi connectivity index (χ2v) is 3.93. The maximum atomic E-state index is 5.44. The Kier molecular flexibility index (Phi) is 2.96. The SMILES string of the molecule is CN(C)c1nccc(-n2cnc(C(N)=S)n2)n1. The third kappa shape index (κ3) is 2.36. The summed E-state index contributed by atoms with van der Waals surface area (Å²) < 4.78 is 1.50. The molecular weight excluding hydrogens is 238 g/mol. The monoisotopic (exact) mass is 249 g/mol. The van der Waals surface area contributed by atoms with E-state index in [2.05, 4.69) is 20.1 Å². The molecule has 0 spiro atoms. The molecule has 0 unspecified atom stereocenters. The Bertz CT molecular complexity index is 548. The molecule has 0 aromatic carbocycles. The first kappa shape index (κ1) is 11.4. The fourth-order valence-electron chi connectivity index (χ4n) is 1.17. The van der Waals surface area contributed by atoms with E-state index in [0.29, 0.717) is 17.6 Å². The number of thiocarbonyl (C=S) groups is 1. The summed E-state index contributed by atoms with van der Waals surface area (Å²) in [6, 6.07) is 1.73. The minimum absolute atomic E-state index is 0.158. The Morgan fingerprint density at radius 1 is 1.41 bits per heavy atom. The molecule has 8 heteroatoms. The van der Waals surface area contributed by atoms with Crippen molar-refractivity contribution in [3.63, 3.8) is 0 Å². The first-order valence-corrected chi connectivity index (χ1v) is 5.21. The molecule has 0 radical (unpaired) electrons. The Morgan fingerprint density at radius 2 is 2.18 bits per heavy atom. The molecule has 0 aliphatic carbocycles. The Morgan fingerprint density at radius 3 is 2.76 bits per heavy atom. The molecule has 7 nitrogen and oxygen atoms in total. The van der Waals surface area contributed by atoms with Crippen LogP contribution in [0.3, 0.4) is 0 Å². The Hall–Kier alpha value is -2.09. The number of anilines is 1. The van der Waals surface area contributed by atoms with Crippen LogP contribution >= 0.6 is 12.2 Å². The molecule has 2 N–H and O–H groups in total. The van der Waals surface area contributed by atoms with Gasteiger partial charge in [-0.1, -0.05) is 12.2 Å². The Balaban J connectivity index is 2.38. The number of rotatable bonds is 3. The molecule has 0 fully saturated rings. The largest absolute Gasteiger partial charge is 0.387 e. The van der Waals surface area contributed by atoms with E-state index in [1.54, 1.807) is 17.2 Å². The van der Waals surface area contributed by atoms with Gasteiger partial charge in [0.05, 0.1) is 0 Å². The maximum Gasteiger partial charge on any atom is 0.226 e. The van der Waals surface area contributed by atoms with Crippen molar-refractivity contribution in [2.75, 3.05) is 19.0 Å². The highest BCUT2D eigenvalue weighted by atomic mass is 32.1. The molecule has 0 aliphatic rings. The van der Waals surface area contributed by atoms with Crippen molar-refractivity contribution in [2.24, 2.45) is 5.73 Å². The second-order valence-electron chi connectivity index (χ2n) is 3.49. The highest BCUT2D eigenvalue weighted by molar-refractivity contribution is 7.80. The van der Waals surface area contributed by atoms with Crippen molar-refractivity contribution >= 4 is 23.2 Å². The molecule has 17 heavy (non-hydrogen) atoms. The van der Waals surface area contributed by atoms with E-state index in [1.165, 1.54) is 11.0 Å². The van der Waals surface area contributed by atoms with Gasteiger partial charge < -0.3 is 10.6 Å². The molecule has 0 saturated heterocycles. The van der Waals surface area contributed by atoms with Crippen LogP contribution in [0.2, 0.25) is 0 Å². The van der Waals surface area contributed by atoms with E-state index in [0.717, 1.165) is 0 Å². The fourth-order valence-corrected chi connectivity index (χ4v) is 1.26. The standard InChI is InChI=1S/C9H11N7S/c1-15(2)9-11-4-3-6(13-9)16-5-12-8(14-16)7(10)17/h3-5H,1-2H3,(H2,10,17). The van der Waals surface area contributed by atoms with E-state index in [-0.39, 0.29) is 4.99 Å². The first-order chi connectivity index (χ1) is 8.08. The van der Waals surface area contributed by atoms with Crippen LogP contribution in [0, 0.1) is 0 Å². The molecule has 0 bridgehead atoms. The lowest BCUT2D eigenvalue weighted by atomic mass is 10.6. The predicted molar refractivity (Wildman–Crippen MR) is 67.2 cm³/mol. The third-order valence-electron chi connectivity index (χ3n) is 1.98. The summed E-state index contributed by atoms with van der Waals surface area (Å²) in [5.74, 6) is 1.53. The quantitative estimate of drug-likeness (QED) is 0.751. The van der Waals surface area contributed by atoms with Crippen LogP contribution in [0.5, 0.6) is 0 Å². The average molecular weight is 249 g/mol. The highest BCUT2D eigenvalue weighted by Crippen LogP contribution is 2.07. The van der Waals surface area contributed by atoms with Gasteiger partial charge in [0.25, 0.3) is 0 Å². The lowest BCUT2D eigenvalue weighted by Gasteiger charge is -2.10. The summed E-state index contributed by atoms with van der Waals surface area (Å²) in [5.41, 5.74) is 5.44. The lowest BCUT2D eigenvalue weighted by Crippen LogP contribution is -2.14. The summed E-state index contributed by atoms with van der Waals surface area (Å²) in [4.78, 5) is 14.4. The molecule has 0 amide bonds. The van der Waals surface area contributed by atoms with E-state index in [1.807, 2.05) is 14.1 Å². The highest BCUT2D eigenvalue weighted by Gasteiger charge is 2.07. The third-order valence-corrected chi connectivity index (χ3v) is 2.16. The molecular formula is C9H11N7S. The minimum atomic E-state index is 0.158. The van der Waals surface area contributed by atoms with Crippen LogP contribution in [-0.2, 0) is 0 Å². The topological polar surface area (TPSA) is 85.8 Å². The van der Waals surface area contributed by atoms with Crippen LogP contribution < -0.4 is 10.6 Å². The minimum Gasteiger partial charge on any atom is -0.387 e. The van der Waals surface area contributed by atoms with Gasteiger partial charge in [0.2, 0.25) is 11.8 Å². The normalized spacial score (nSPS) is 10.2. The van der Waals surface area contributed by atoms with Crippen molar-refractivity contribution in [3.05, 3.63) is 24.4 Å². The summed E-state index contributed by atoms with van der Waals surface area (Å²) in [5, 5.41) is 4.11. The van der Waals surface area contributed by atoms with Crippen molar-refractivity contribution in [2.45, 2.75) is 0 Å². The van der Waals surface area contributed by atoms with Crippen molar-refractivity contribution < 1.29 is 0 Å². The van der Waals surface area contributed by atoms with Crippen molar-refractivity contribution in [1.29, 1.82) is 0 Å². The van der Waals surface area contributed by atoms with Gasteiger partial charge in [0.1, 0.15) is 11.3 Å².